The number of hydrogen-bond acceptors (Lipinski definition) is 0. The highest BCUT2D eigenvalue weighted by Gasteiger charge is 2.47. The van der Waals surface area contributed by atoms with Crippen molar-refractivity contribution in [2.75, 3.05) is 0 Å². The van der Waals surface area contributed by atoms with Gasteiger partial charge in [0, 0.05) is 0 Å². The molecular formula is C16H32. The van der Waals surface area contributed by atoms with Crippen LogP contribution < -0.4 is 0 Å². The summed E-state index contributed by atoms with van der Waals surface area (Å²) in [7, 11) is 0. The molecule has 0 aromatic heterocycles. The van der Waals surface area contributed by atoms with E-state index in [0.717, 1.165) is 29.6 Å². The minimum atomic E-state index is 0.937. The van der Waals surface area contributed by atoms with E-state index in [4.69, 9.17) is 0 Å². The van der Waals surface area contributed by atoms with Crippen LogP contribution in [0.3, 0.4) is 0 Å². The molecule has 16 heavy (non-hydrogen) atoms. The Morgan fingerprint density at radius 3 is 2.06 bits per heavy atom. The average molecular weight is 224 g/mol. The zero-order valence-corrected chi connectivity index (χ0v) is 12.1. The van der Waals surface area contributed by atoms with Crippen LogP contribution in [0.4, 0.5) is 0 Å². The van der Waals surface area contributed by atoms with Gasteiger partial charge in [-0.15, -0.1) is 0 Å². The molecular weight excluding hydrogens is 192 g/mol. The van der Waals surface area contributed by atoms with Gasteiger partial charge in [-0.05, 0) is 36.0 Å². The monoisotopic (exact) mass is 224 g/mol. The van der Waals surface area contributed by atoms with Gasteiger partial charge < -0.3 is 0 Å². The number of unbranched alkanes of at least 4 members (excludes halogenated alkanes) is 2. The summed E-state index contributed by atoms with van der Waals surface area (Å²) in [6.07, 6.45) is 8.61. The highest BCUT2D eigenvalue weighted by molar-refractivity contribution is 4.95. The molecule has 1 aliphatic carbocycles. The molecule has 0 saturated heterocycles. The maximum atomic E-state index is 2.46. The maximum Gasteiger partial charge on any atom is -0.0329 e. The third kappa shape index (κ3) is 3.79. The summed E-state index contributed by atoms with van der Waals surface area (Å²) in [6.45, 7) is 12.0. The van der Waals surface area contributed by atoms with Crippen molar-refractivity contribution < 1.29 is 0 Å². The lowest BCUT2D eigenvalue weighted by Gasteiger charge is -2.20. The van der Waals surface area contributed by atoms with Crippen LogP contribution in [0, 0.1) is 29.6 Å². The van der Waals surface area contributed by atoms with Crippen molar-refractivity contribution in [1.29, 1.82) is 0 Å². The van der Waals surface area contributed by atoms with Gasteiger partial charge in [-0.2, -0.15) is 0 Å². The van der Waals surface area contributed by atoms with E-state index in [0.29, 0.717) is 0 Å². The second-order valence-electron chi connectivity index (χ2n) is 6.30. The molecule has 0 spiro atoms. The van der Waals surface area contributed by atoms with Crippen LogP contribution in [0.5, 0.6) is 0 Å². The van der Waals surface area contributed by atoms with Crippen LogP contribution in [-0.2, 0) is 0 Å². The van der Waals surface area contributed by atoms with Gasteiger partial charge in [0.1, 0.15) is 0 Å². The molecule has 0 nitrogen and oxygen atoms in total. The maximum absolute atomic E-state index is 2.46. The first-order valence-electron chi connectivity index (χ1n) is 7.61. The Morgan fingerprint density at radius 1 is 1.00 bits per heavy atom. The number of rotatable bonds is 8. The lowest BCUT2D eigenvalue weighted by atomic mass is 9.85. The van der Waals surface area contributed by atoms with Gasteiger partial charge in [0.15, 0.2) is 0 Å². The van der Waals surface area contributed by atoms with Gasteiger partial charge in [-0.25, -0.2) is 0 Å². The lowest BCUT2D eigenvalue weighted by molar-refractivity contribution is 0.303. The van der Waals surface area contributed by atoms with Crippen LogP contribution >= 0.6 is 0 Å². The molecule has 0 heterocycles. The van der Waals surface area contributed by atoms with Gasteiger partial charge in [0.05, 0.1) is 0 Å². The van der Waals surface area contributed by atoms with Gasteiger partial charge in [0.25, 0.3) is 0 Å². The van der Waals surface area contributed by atoms with E-state index in [9.17, 15) is 0 Å². The molecule has 0 aliphatic heterocycles. The van der Waals surface area contributed by atoms with E-state index in [1.165, 1.54) is 38.5 Å². The second-order valence-corrected chi connectivity index (χ2v) is 6.30. The summed E-state index contributed by atoms with van der Waals surface area (Å²) >= 11 is 0. The van der Waals surface area contributed by atoms with Gasteiger partial charge in [-0.3, -0.25) is 0 Å². The largest absolute Gasteiger partial charge is 0.0654 e. The first kappa shape index (κ1) is 14.1. The molecule has 0 aromatic rings. The Morgan fingerprint density at radius 2 is 1.62 bits per heavy atom. The first-order valence-corrected chi connectivity index (χ1v) is 7.61. The molecule has 1 rings (SSSR count). The SMILES string of the molecule is CCCCCC(CC(C)CC)C1C(C)C1C. The average Bonchev–Trinajstić information content (AvgIpc) is 2.85. The zero-order chi connectivity index (χ0) is 12.1. The van der Waals surface area contributed by atoms with Crippen LogP contribution in [0.1, 0.15) is 73.1 Å². The molecule has 1 aliphatic rings. The summed E-state index contributed by atoms with van der Waals surface area (Å²) in [5.74, 6) is 5.05. The lowest BCUT2D eigenvalue weighted by Crippen LogP contribution is -2.10. The zero-order valence-electron chi connectivity index (χ0n) is 12.1. The van der Waals surface area contributed by atoms with E-state index in [1.807, 2.05) is 0 Å². The molecule has 0 heteroatoms. The summed E-state index contributed by atoms with van der Waals surface area (Å²) in [6, 6.07) is 0. The molecule has 0 radical (unpaired) electrons. The predicted molar refractivity (Wildman–Crippen MR) is 73.5 cm³/mol. The van der Waals surface area contributed by atoms with Gasteiger partial charge in [0.2, 0.25) is 0 Å². The molecule has 0 bridgehead atoms. The molecule has 1 fully saturated rings. The highest BCUT2D eigenvalue weighted by atomic mass is 14.5. The van der Waals surface area contributed by atoms with E-state index in [2.05, 4.69) is 34.6 Å². The fraction of sp³-hybridized carbons (Fsp3) is 1.00. The third-order valence-electron chi connectivity index (χ3n) is 5.03. The van der Waals surface area contributed by atoms with Crippen LogP contribution in [-0.4, -0.2) is 0 Å². The molecule has 0 aromatic carbocycles. The molecule has 0 amide bonds. The molecule has 4 atom stereocenters. The Hall–Kier alpha value is 0. The van der Waals surface area contributed by atoms with Crippen molar-refractivity contribution in [2.24, 2.45) is 29.6 Å². The Labute approximate surface area is 103 Å². The van der Waals surface area contributed by atoms with Crippen molar-refractivity contribution in [3.63, 3.8) is 0 Å². The molecule has 0 N–H and O–H groups in total. The standard InChI is InChI=1S/C16H32/c1-6-8-9-10-15(11-12(3)7-2)16-13(4)14(16)5/h12-16H,6-11H2,1-5H3. The molecule has 96 valence electrons. The van der Waals surface area contributed by atoms with E-state index in [-0.39, 0.29) is 0 Å². The van der Waals surface area contributed by atoms with Gasteiger partial charge in [-0.1, -0.05) is 66.7 Å². The Bertz CT molecular complexity index is 176. The minimum Gasteiger partial charge on any atom is -0.0654 e. The molecule has 4 unspecified atom stereocenters. The minimum absolute atomic E-state index is 0.937. The van der Waals surface area contributed by atoms with Crippen molar-refractivity contribution in [3.8, 4) is 0 Å². The fourth-order valence-electron chi connectivity index (χ4n) is 3.37. The number of hydrogen-bond donors (Lipinski definition) is 0. The Balaban J connectivity index is 2.36. The van der Waals surface area contributed by atoms with Crippen molar-refractivity contribution in [2.45, 2.75) is 73.1 Å². The third-order valence-corrected chi connectivity index (χ3v) is 5.03. The smallest absolute Gasteiger partial charge is 0.0329 e. The summed E-state index contributed by atoms with van der Waals surface area (Å²) < 4.78 is 0. The second kappa shape index (κ2) is 6.67. The quantitative estimate of drug-likeness (QED) is 0.476. The van der Waals surface area contributed by atoms with E-state index >= 15 is 0 Å². The van der Waals surface area contributed by atoms with Gasteiger partial charge >= 0.3 is 0 Å². The summed E-state index contributed by atoms with van der Waals surface area (Å²) in [4.78, 5) is 0. The van der Waals surface area contributed by atoms with Crippen LogP contribution in [0.15, 0.2) is 0 Å². The Kier molecular flexibility index (Phi) is 5.86. The van der Waals surface area contributed by atoms with Crippen LogP contribution in [0.2, 0.25) is 0 Å². The van der Waals surface area contributed by atoms with Crippen molar-refractivity contribution in [3.05, 3.63) is 0 Å². The first-order chi connectivity index (χ1) is 7.61. The topological polar surface area (TPSA) is 0 Å². The van der Waals surface area contributed by atoms with Crippen molar-refractivity contribution >= 4 is 0 Å². The summed E-state index contributed by atoms with van der Waals surface area (Å²) in [5, 5.41) is 0. The summed E-state index contributed by atoms with van der Waals surface area (Å²) in [5.41, 5.74) is 0. The molecule has 1 saturated carbocycles. The van der Waals surface area contributed by atoms with E-state index < -0.39 is 0 Å². The van der Waals surface area contributed by atoms with Crippen molar-refractivity contribution in [1.82, 2.24) is 0 Å². The van der Waals surface area contributed by atoms with E-state index in [1.54, 1.807) is 0 Å². The van der Waals surface area contributed by atoms with Crippen LogP contribution in [0.25, 0.3) is 0 Å². The normalized spacial score (nSPS) is 32.4. The highest BCUT2D eigenvalue weighted by Crippen LogP contribution is 2.53. The fourth-order valence-corrected chi connectivity index (χ4v) is 3.37. The predicted octanol–water partition coefficient (Wildman–Crippen LogP) is 5.52.